The van der Waals surface area contributed by atoms with Crippen LogP contribution in [-0.4, -0.2) is 29.7 Å². The first-order valence-corrected chi connectivity index (χ1v) is 7.56. The second-order valence-electron chi connectivity index (χ2n) is 6.31. The number of carboxylic acid groups (broad SMARTS) is 1. The van der Waals surface area contributed by atoms with Crippen molar-refractivity contribution >= 4 is 12.0 Å². The summed E-state index contributed by atoms with van der Waals surface area (Å²) in [7, 11) is 0. The van der Waals surface area contributed by atoms with Crippen molar-refractivity contribution in [3.63, 3.8) is 0 Å². The molecule has 0 bridgehead atoms. The van der Waals surface area contributed by atoms with Crippen LogP contribution in [-0.2, 0) is 4.79 Å². The average Bonchev–Trinajstić information content (AvgIpc) is 2.33. The van der Waals surface area contributed by atoms with E-state index in [2.05, 4.69) is 17.6 Å². The number of hydrogen-bond donors (Lipinski definition) is 3. The second-order valence-corrected chi connectivity index (χ2v) is 6.31. The first-order valence-electron chi connectivity index (χ1n) is 7.56. The fourth-order valence-corrected chi connectivity index (χ4v) is 1.94. The van der Waals surface area contributed by atoms with Crippen LogP contribution in [0.5, 0.6) is 0 Å². The van der Waals surface area contributed by atoms with Gasteiger partial charge in [0.15, 0.2) is 0 Å². The number of nitrogens with one attached hydrogen (secondary N) is 2. The van der Waals surface area contributed by atoms with Crippen molar-refractivity contribution in [3.05, 3.63) is 0 Å². The molecule has 5 nitrogen and oxygen atoms in total. The van der Waals surface area contributed by atoms with Gasteiger partial charge in [0, 0.05) is 6.54 Å². The molecule has 0 aliphatic rings. The number of carbonyl (C=O) groups excluding carboxylic acids is 1. The highest BCUT2D eigenvalue weighted by atomic mass is 16.4. The SMILES string of the molecule is CCCCCCCCNC(=O)N[C@@H](C(=O)O)C(C)(C)C. The number of carboxylic acids is 1. The number of rotatable bonds is 9. The van der Waals surface area contributed by atoms with E-state index in [1.807, 2.05) is 0 Å². The second kappa shape index (κ2) is 9.61. The minimum atomic E-state index is -1.01. The van der Waals surface area contributed by atoms with Gasteiger partial charge in [0.25, 0.3) is 0 Å². The Labute approximate surface area is 122 Å². The van der Waals surface area contributed by atoms with Crippen LogP contribution in [0.1, 0.15) is 66.2 Å². The van der Waals surface area contributed by atoms with Crippen molar-refractivity contribution in [3.8, 4) is 0 Å². The van der Waals surface area contributed by atoms with Crippen molar-refractivity contribution in [1.29, 1.82) is 0 Å². The fraction of sp³-hybridized carbons (Fsp3) is 0.867. The molecule has 0 rings (SSSR count). The van der Waals surface area contributed by atoms with Crippen LogP contribution in [0.15, 0.2) is 0 Å². The Morgan fingerprint density at radius 3 is 2.10 bits per heavy atom. The van der Waals surface area contributed by atoms with Gasteiger partial charge in [-0.1, -0.05) is 59.8 Å². The molecule has 0 aromatic heterocycles. The highest BCUT2D eigenvalue weighted by molar-refractivity contribution is 5.83. The number of urea groups is 1. The topological polar surface area (TPSA) is 78.4 Å². The van der Waals surface area contributed by atoms with Crippen LogP contribution in [0.2, 0.25) is 0 Å². The van der Waals surface area contributed by atoms with Crippen molar-refractivity contribution in [1.82, 2.24) is 10.6 Å². The summed E-state index contributed by atoms with van der Waals surface area (Å²) < 4.78 is 0. The van der Waals surface area contributed by atoms with Crippen LogP contribution in [0.25, 0.3) is 0 Å². The van der Waals surface area contributed by atoms with Gasteiger partial charge < -0.3 is 15.7 Å². The lowest BCUT2D eigenvalue weighted by atomic mass is 9.87. The average molecular weight is 286 g/mol. The molecule has 2 amide bonds. The maximum atomic E-state index is 11.7. The van der Waals surface area contributed by atoms with E-state index in [0.717, 1.165) is 12.8 Å². The van der Waals surface area contributed by atoms with E-state index in [0.29, 0.717) is 6.54 Å². The Kier molecular flexibility index (Phi) is 9.01. The van der Waals surface area contributed by atoms with Gasteiger partial charge in [-0.2, -0.15) is 0 Å². The molecule has 0 saturated carbocycles. The fourth-order valence-electron chi connectivity index (χ4n) is 1.94. The van der Waals surface area contributed by atoms with E-state index in [1.165, 1.54) is 25.7 Å². The summed E-state index contributed by atoms with van der Waals surface area (Å²) in [6.45, 7) is 8.15. The van der Waals surface area contributed by atoms with Gasteiger partial charge >= 0.3 is 12.0 Å². The third-order valence-electron chi connectivity index (χ3n) is 3.20. The van der Waals surface area contributed by atoms with E-state index >= 15 is 0 Å². The van der Waals surface area contributed by atoms with E-state index in [9.17, 15) is 9.59 Å². The largest absolute Gasteiger partial charge is 0.480 e. The predicted molar refractivity (Wildman–Crippen MR) is 80.8 cm³/mol. The molecule has 0 aromatic carbocycles. The molecule has 0 heterocycles. The molecule has 5 heteroatoms. The molecule has 3 N–H and O–H groups in total. The van der Waals surface area contributed by atoms with E-state index in [1.54, 1.807) is 20.8 Å². The van der Waals surface area contributed by atoms with Crippen LogP contribution >= 0.6 is 0 Å². The smallest absolute Gasteiger partial charge is 0.326 e. The lowest BCUT2D eigenvalue weighted by molar-refractivity contribution is -0.141. The summed E-state index contributed by atoms with van der Waals surface area (Å²) >= 11 is 0. The molecule has 0 radical (unpaired) electrons. The summed E-state index contributed by atoms with van der Waals surface area (Å²) in [6.07, 6.45) is 6.96. The molecule has 0 fully saturated rings. The summed E-state index contributed by atoms with van der Waals surface area (Å²) in [4.78, 5) is 22.8. The highest BCUT2D eigenvalue weighted by Crippen LogP contribution is 2.19. The quantitative estimate of drug-likeness (QED) is 0.570. The molecule has 0 aliphatic heterocycles. The van der Waals surface area contributed by atoms with Gasteiger partial charge in [-0.25, -0.2) is 9.59 Å². The van der Waals surface area contributed by atoms with Crippen LogP contribution < -0.4 is 10.6 Å². The van der Waals surface area contributed by atoms with Crippen LogP contribution in [0.4, 0.5) is 4.79 Å². The molecule has 1 atom stereocenters. The molecule has 0 aromatic rings. The highest BCUT2D eigenvalue weighted by Gasteiger charge is 2.32. The third kappa shape index (κ3) is 8.77. The zero-order valence-electron chi connectivity index (χ0n) is 13.3. The van der Waals surface area contributed by atoms with Gasteiger partial charge in [0.2, 0.25) is 0 Å². The maximum Gasteiger partial charge on any atom is 0.326 e. The number of aliphatic carboxylic acids is 1. The Hall–Kier alpha value is -1.26. The summed E-state index contributed by atoms with van der Waals surface area (Å²) in [6, 6.07) is -1.28. The van der Waals surface area contributed by atoms with Gasteiger partial charge in [-0.3, -0.25) is 0 Å². The van der Waals surface area contributed by atoms with E-state index in [-0.39, 0.29) is 0 Å². The Morgan fingerprint density at radius 1 is 1.05 bits per heavy atom. The summed E-state index contributed by atoms with van der Waals surface area (Å²) in [5.41, 5.74) is -0.511. The van der Waals surface area contributed by atoms with Crippen molar-refractivity contribution in [2.45, 2.75) is 72.3 Å². The third-order valence-corrected chi connectivity index (χ3v) is 3.20. The monoisotopic (exact) mass is 286 g/mol. The summed E-state index contributed by atoms with van der Waals surface area (Å²) in [5, 5.41) is 14.3. The molecular formula is C15H30N2O3. The van der Waals surface area contributed by atoms with Crippen LogP contribution in [0.3, 0.4) is 0 Å². The Morgan fingerprint density at radius 2 is 1.60 bits per heavy atom. The number of carbonyl (C=O) groups is 2. The van der Waals surface area contributed by atoms with Crippen molar-refractivity contribution in [2.24, 2.45) is 5.41 Å². The lowest BCUT2D eigenvalue weighted by Gasteiger charge is -2.27. The number of amides is 2. The molecule has 0 spiro atoms. The van der Waals surface area contributed by atoms with Crippen LogP contribution in [0, 0.1) is 5.41 Å². The first-order chi connectivity index (χ1) is 9.29. The molecule has 0 aliphatic carbocycles. The lowest BCUT2D eigenvalue weighted by Crippen LogP contribution is -2.52. The summed E-state index contributed by atoms with van der Waals surface area (Å²) in [5.74, 6) is -1.01. The molecular weight excluding hydrogens is 256 g/mol. The zero-order chi connectivity index (χ0) is 15.6. The molecule has 118 valence electrons. The van der Waals surface area contributed by atoms with Gasteiger partial charge in [-0.05, 0) is 11.8 Å². The standard InChI is InChI=1S/C15H30N2O3/c1-5-6-7-8-9-10-11-16-14(20)17-12(13(18)19)15(2,3)4/h12H,5-11H2,1-4H3,(H,18,19)(H2,16,17,20)/t12-/m0/s1. The van der Waals surface area contributed by atoms with E-state index < -0.39 is 23.5 Å². The Bertz CT molecular complexity index is 298. The van der Waals surface area contributed by atoms with E-state index in [4.69, 9.17) is 5.11 Å². The first kappa shape index (κ1) is 18.7. The Balaban J connectivity index is 3.84. The van der Waals surface area contributed by atoms with Gasteiger partial charge in [0.1, 0.15) is 6.04 Å². The minimum absolute atomic E-state index is 0.402. The predicted octanol–water partition coefficient (Wildman–Crippen LogP) is 3.15. The van der Waals surface area contributed by atoms with Gasteiger partial charge in [0.05, 0.1) is 0 Å². The van der Waals surface area contributed by atoms with Crippen molar-refractivity contribution in [2.75, 3.05) is 6.54 Å². The molecule has 0 unspecified atom stereocenters. The minimum Gasteiger partial charge on any atom is -0.480 e. The normalized spacial score (nSPS) is 12.8. The number of hydrogen-bond acceptors (Lipinski definition) is 2. The number of unbranched alkanes of at least 4 members (excludes halogenated alkanes) is 5. The van der Waals surface area contributed by atoms with Crippen molar-refractivity contribution < 1.29 is 14.7 Å². The zero-order valence-corrected chi connectivity index (χ0v) is 13.3. The maximum absolute atomic E-state index is 11.7. The molecule has 20 heavy (non-hydrogen) atoms. The van der Waals surface area contributed by atoms with Gasteiger partial charge in [-0.15, -0.1) is 0 Å². The molecule has 0 saturated heterocycles.